The van der Waals surface area contributed by atoms with Gasteiger partial charge in [0.05, 0.1) is 12.8 Å². The molecule has 2 unspecified atom stereocenters. The fourth-order valence-corrected chi connectivity index (χ4v) is 2.31. The van der Waals surface area contributed by atoms with Crippen molar-refractivity contribution in [3.63, 3.8) is 0 Å². The molecule has 1 aliphatic rings. The molecule has 1 fully saturated rings. The van der Waals surface area contributed by atoms with Gasteiger partial charge in [-0.15, -0.1) is 0 Å². The molecule has 1 rings (SSSR count). The number of hydrogen-bond acceptors (Lipinski definition) is 6. The lowest BCUT2D eigenvalue weighted by atomic mass is 9.76. The van der Waals surface area contributed by atoms with E-state index in [2.05, 4.69) is 9.89 Å². The van der Waals surface area contributed by atoms with E-state index in [1.54, 1.807) is 6.92 Å². The summed E-state index contributed by atoms with van der Waals surface area (Å²) < 4.78 is 4.62. The number of Topliss-reactive ketones (excluding diaryl/α,β-unsaturated/α-hetero) is 2. The first-order chi connectivity index (χ1) is 9.56. The summed E-state index contributed by atoms with van der Waals surface area (Å²) in [5.41, 5.74) is 0.415. The fourth-order valence-electron chi connectivity index (χ4n) is 2.31. The molecule has 112 valence electrons. The van der Waals surface area contributed by atoms with Crippen molar-refractivity contribution in [2.45, 2.75) is 39.5 Å². The molecule has 0 bridgehead atoms. The van der Waals surface area contributed by atoms with Crippen LogP contribution in [-0.4, -0.2) is 37.0 Å². The lowest BCUT2D eigenvalue weighted by molar-refractivity contribution is -0.152. The highest BCUT2D eigenvalue weighted by molar-refractivity contribution is 6.25. The summed E-state index contributed by atoms with van der Waals surface area (Å²) in [6.45, 7) is 4.06. The maximum absolute atomic E-state index is 12.4. The van der Waals surface area contributed by atoms with E-state index < -0.39 is 23.6 Å². The summed E-state index contributed by atoms with van der Waals surface area (Å²) in [7, 11) is 1.24. The van der Waals surface area contributed by atoms with Crippen LogP contribution < -0.4 is 0 Å². The van der Waals surface area contributed by atoms with Gasteiger partial charge in [0.1, 0.15) is 24.2 Å². The Morgan fingerprint density at radius 3 is 2.60 bits per heavy atom. The maximum atomic E-state index is 12.4. The SMILES string of the molecule is CCCC(=NOCC)C1C(=O)CCC(C(=O)OC)C1=O. The van der Waals surface area contributed by atoms with Gasteiger partial charge in [-0.3, -0.25) is 14.4 Å². The lowest BCUT2D eigenvalue weighted by Gasteiger charge is -2.25. The van der Waals surface area contributed by atoms with Crippen LogP contribution in [0.3, 0.4) is 0 Å². The largest absolute Gasteiger partial charge is 0.468 e. The van der Waals surface area contributed by atoms with Crippen LogP contribution in [0.25, 0.3) is 0 Å². The molecule has 20 heavy (non-hydrogen) atoms. The van der Waals surface area contributed by atoms with Gasteiger partial charge in [0.25, 0.3) is 0 Å². The summed E-state index contributed by atoms with van der Waals surface area (Å²) in [6.07, 6.45) is 1.64. The number of esters is 1. The Morgan fingerprint density at radius 2 is 2.05 bits per heavy atom. The number of ketones is 2. The minimum atomic E-state index is -0.959. The second kappa shape index (κ2) is 7.77. The van der Waals surface area contributed by atoms with Gasteiger partial charge in [0.2, 0.25) is 0 Å². The Morgan fingerprint density at radius 1 is 1.35 bits per heavy atom. The summed E-state index contributed by atoms with van der Waals surface area (Å²) in [5, 5.41) is 3.90. The van der Waals surface area contributed by atoms with Crippen molar-refractivity contribution in [2.75, 3.05) is 13.7 Å². The summed E-state index contributed by atoms with van der Waals surface area (Å²) in [6, 6.07) is 0. The van der Waals surface area contributed by atoms with Gasteiger partial charge in [0.15, 0.2) is 5.78 Å². The standard InChI is InChI=1S/C14H21NO5/c1-4-6-10(15-20-5-2)12-11(16)8-7-9(13(12)17)14(18)19-3/h9,12H,4-8H2,1-3H3. The van der Waals surface area contributed by atoms with Crippen LogP contribution in [0.1, 0.15) is 39.5 Å². The normalized spacial score (nSPS) is 23.6. The second-order valence-electron chi connectivity index (χ2n) is 4.67. The molecule has 0 N–H and O–H groups in total. The molecule has 0 heterocycles. The van der Waals surface area contributed by atoms with Crippen molar-refractivity contribution in [1.29, 1.82) is 0 Å². The molecule has 0 amide bonds. The number of nitrogens with zero attached hydrogens (tertiary/aromatic N) is 1. The van der Waals surface area contributed by atoms with Crippen molar-refractivity contribution in [2.24, 2.45) is 17.0 Å². The number of carbonyl (C=O) groups excluding carboxylic acids is 3. The molecule has 1 aliphatic carbocycles. The Balaban J connectivity index is 3.00. The van der Waals surface area contributed by atoms with Gasteiger partial charge in [-0.2, -0.15) is 0 Å². The van der Waals surface area contributed by atoms with Crippen LogP contribution in [0, 0.1) is 11.8 Å². The summed E-state index contributed by atoms with van der Waals surface area (Å²) >= 11 is 0. The van der Waals surface area contributed by atoms with Crippen LogP contribution in [0.15, 0.2) is 5.16 Å². The number of methoxy groups -OCH3 is 1. The van der Waals surface area contributed by atoms with Gasteiger partial charge in [0, 0.05) is 6.42 Å². The van der Waals surface area contributed by atoms with E-state index in [-0.39, 0.29) is 18.6 Å². The Hall–Kier alpha value is -1.72. The van der Waals surface area contributed by atoms with Gasteiger partial charge in [-0.1, -0.05) is 18.5 Å². The third kappa shape index (κ3) is 3.65. The van der Waals surface area contributed by atoms with E-state index >= 15 is 0 Å². The van der Waals surface area contributed by atoms with E-state index in [0.717, 1.165) is 6.42 Å². The van der Waals surface area contributed by atoms with Crippen molar-refractivity contribution in [3.05, 3.63) is 0 Å². The first kappa shape index (κ1) is 16.3. The Labute approximate surface area is 118 Å². The molecule has 6 nitrogen and oxygen atoms in total. The van der Waals surface area contributed by atoms with E-state index in [9.17, 15) is 14.4 Å². The molecule has 0 aromatic rings. The zero-order valence-corrected chi connectivity index (χ0v) is 12.2. The molecule has 2 atom stereocenters. The van der Waals surface area contributed by atoms with Crippen LogP contribution in [0.5, 0.6) is 0 Å². The highest BCUT2D eigenvalue weighted by atomic mass is 16.6. The van der Waals surface area contributed by atoms with Crippen molar-refractivity contribution in [3.8, 4) is 0 Å². The van der Waals surface area contributed by atoms with Crippen LogP contribution in [-0.2, 0) is 24.0 Å². The van der Waals surface area contributed by atoms with Gasteiger partial charge >= 0.3 is 5.97 Å². The first-order valence-electron chi connectivity index (χ1n) is 6.89. The predicted molar refractivity (Wildman–Crippen MR) is 72.2 cm³/mol. The maximum Gasteiger partial charge on any atom is 0.316 e. The van der Waals surface area contributed by atoms with Crippen LogP contribution >= 0.6 is 0 Å². The number of rotatable bonds is 6. The van der Waals surface area contributed by atoms with E-state index in [0.29, 0.717) is 18.7 Å². The number of oxime groups is 1. The molecule has 0 radical (unpaired) electrons. The highest BCUT2D eigenvalue weighted by Gasteiger charge is 2.43. The average Bonchev–Trinajstić information content (AvgIpc) is 2.44. The van der Waals surface area contributed by atoms with Crippen LogP contribution in [0.2, 0.25) is 0 Å². The van der Waals surface area contributed by atoms with Crippen molar-refractivity contribution >= 4 is 23.2 Å². The third-order valence-electron chi connectivity index (χ3n) is 3.27. The molecule has 1 saturated carbocycles. The topological polar surface area (TPSA) is 82.0 Å². The zero-order valence-electron chi connectivity index (χ0n) is 12.2. The molecule has 0 aromatic carbocycles. The number of hydrogen-bond donors (Lipinski definition) is 0. The second-order valence-corrected chi connectivity index (χ2v) is 4.67. The summed E-state index contributed by atoms with van der Waals surface area (Å²) in [5.74, 6) is -3.02. The highest BCUT2D eigenvalue weighted by Crippen LogP contribution is 2.26. The smallest absolute Gasteiger partial charge is 0.316 e. The molecule has 0 aliphatic heterocycles. The first-order valence-corrected chi connectivity index (χ1v) is 6.89. The fraction of sp³-hybridized carbons (Fsp3) is 0.714. The van der Waals surface area contributed by atoms with Crippen molar-refractivity contribution in [1.82, 2.24) is 0 Å². The quantitative estimate of drug-likeness (QED) is 0.319. The van der Waals surface area contributed by atoms with E-state index in [4.69, 9.17) is 4.84 Å². The van der Waals surface area contributed by atoms with Gasteiger partial charge in [-0.25, -0.2) is 0 Å². The zero-order chi connectivity index (χ0) is 15.1. The van der Waals surface area contributed by atoms with Crippen molar-refractivity contribution < 1.29 is 24.0 Å². The molecular weight excluding hydrogens is 262 g/mol. The predicted octanol–water partition coefficient (Wildman–Crippen LogP) is 1.52. The molecule has 0 aromatic heterocycles. The summed E-state index contributed by atoms with van der Waals surface area (Å²) in [4.78, 5) is 41.0. The van der Waals surface area contributed by atoms with E-state index in [1.807, 2.05) is 6.92 Å². The van der Waals surface area contributed by atoms with Crippen LogP contribution in [0.4, 0.5) is 0 Å². The molecule has 0 spiro atoms. The minimum absolute atomic E-state index is 0.186. The minimum Gasteiger partial charge on any atom is -0.468 e. The monoisotopic (exact) mass is 283 g/mol. The lowest BCUT2D eigenvalue weighted by Crippen LogP contribution is -2.43. The van der Waals surface area contributed by atoms with Gasteiger partial charge in [-0.05, 0) is 19.8 Å². The molecular formula is C14H21NO5. The molecule has 0 saturated heterocycles. The average molecular weight is 283 g/mol. The number of ether oxygens (including phenoxy) is 1. The third-order valence-corrected chi connectivity index (χ3v) is 3.27. The van der Waals surface area contributed by atoms with Gasteiger partial charge < -0.3 is 9.57 Å². The van der Waals surface area contributed by atoms with E-state index in [1.165, 1.54) is 7.11 Å². The Kier molecular flexibility index (Phi) is 6.35. The number of carbonyl (C=O) groups is 3. The Bertz CT molecular complexity index is 416. The molecule has 6 heteroatoms.